The molecule has 1 fully saturated rings. The van der Waals surface area contributed by atoms with Crippen LogP contribution in [0, 0.1) is 5.92 Å². The highest BCUT2D eigenvalue weighted by Crippen LogP contribution is 2.41. The van der Waals surface area contributed by atoms with Crippen molar-refractivity contribution in [2.45, 2.75) is 17.7 Å². The Morgan fingerprint density at radius 2 is 2.00 bits per heavy atom. The molecule has 6 nitrogen and oxygen atoms in total. The van der Waals surface area contributed by atoms with Crippen LogP contribution in [0.3, 0.4) is 0 Å². The number of anilines is 1. The van der Waals surface area contributed by atoms with Crippen molar-refractivity contribution >= 4 is 32.4 Å². The van der Waals surface area contributed by atoms with E-state index in [0.29, 0.717) is 29.6 Å². The lowest BCUT2D eigenvalue weighted by atomic mass is 9.98. The molecule has 1 amide bonds. The number of likely N-dealkylation sites (tertiary alicyclic amines) is 1. The zero-order valence-corrected chi connectivity index (χ0v) is 15.6. The van der Waals surface area contributed by atoms with E-state index in [1.165, 1.54) is 4.31 Å². The zero-order valence-electron chi connectivity index (χ0n) is 14.8. The molecule has 0 radical (unpaired) electrons. The number of amides is 1. The first kappa shape index (κ1) is 17.3. The van der Waals surface area contributed by atoms with Crippen molar-refractivity contribution in [1.29, 1.82) is 0 Å². The van der Waals surface area contributed by atoms with Gasteiger partial charge in [0.1, 0.15) is 6.54 Å². The second-order valence-corrected chi connectivity index (χ2v) is 8.88. The average Bonchev–Trinajstić information content (AvgIpc) is 2.86. The van der Waals surface area contributed by atoms with Gasteiger partial charge in [0.25, 0.3) is 10.0 Å². The normalized spacial score (nSPS) is 21.3. The molecule has 1 unspecified atom stereocenters. The molecule has 0 saturated carbocycles. The van der Waals surface area contributed by atoms with Gasteiger partial charge in [0, 0.05) is 18.5 Å². The summed E-state index contributed by atoms with van der Waals surface area (Å²) in [4.78, 5) is 15.0. The van der Waals surface area contributed by atoms with Crippen molar-refractivity contribution in [2.75, 3.05) is 37.5 Å². The number of benzene rings is 2. The lowest BCUT2D eigenvalue weighted by Gasteiger charge is -2.33. The molecule has 1 N–H and O–H groups in total. The Morgan fingerprint density at radius 1 is 1.23 bits per heavy atom. The second-order valence-electron chi connectivity index (χ2n) is 7.05. The molecule has 2 heterocycles. The maximum absolute atomic E-state index is 13.0. The van der Waals surface area contributed by atoms with Gasteiger partial charge in [-0.15, -0.1) is 0 Å². The lowest BCUT2D eigenvalue weighted by molar-refractivity contribution is -0.131. The largest absolute Gasteiger partial charge is 0.341 e. The van der Waals surface area contributed by atoms with E-state index in [1.807, 2.05) is 30.1 Å². The van der Waals surface area contributed by atoms with Crippen LogP contribution in [0.25, 0.3) is 10.8 Å². The topological polar surface area (TPSA) is 69.7 Å². The maximum Gasteiger partial charge on any atom is 0.265 e. The molecule has 138 valence electrons. The minimum Gasteiger partial charge on any atom is -0.341 e. The zero-order chi connectivity index (χ0) is 18.3. The molecule has 0 bridgehead atoms. The molecule has 0 aromatic heterocycles. The molecule has 2 aliphatic rings. The van der Waals surface area contributed by atoms with Gasteiger partial charge in [0.15, 0.2) is 0 Å². The van der Waals surface area contributed by atoms with Gasteiger partial charge in [0.2, 0.25) is 5.91 Å². The Morgan fingerprint density at radius 3 is 2.77 bits per heavy atom. The van der Waals surface area contributed by atoms with Crippen molar-refractivity contribution in [3.8, 4) is 0 Å². The molecular formula is C19H23N3O3S. The van der Waals surface area contributed by atoms with Crippen LogP contribution in [0.1, 0.15) is 12.8 Å². The molecule has 4 rings (SSSR count). The average molecular weight is 373 g/mol. The van der Waals surface area contributed by atoms with Crippen molar-refractivity contribution in [2.24, 2.45) is 5.92 Å². The molecule has 26 heavy (non-hydrogen) atoms. The molecule has 2 aromatic carbocycles. The van der Waals surface area contributed by atoms with E-state index in [1.54, 1.807) is 18.2 Å². The fraction of sp³-hybridized carbons (Fsp3) is 0.421. The van der Waals surface area contributed by atoms with Crippen LogP contribution >= 0.6 is 0 Å². The lowest BCUT2D eigenvalue weighted by Crippen LogP contribution is -2.47. The molecule has 0 aliphatic carbocycles. The fourth-order valence-electron chi connectivity index (χ4n) is 4.10. The summed E-state index contributed by atoms with van der Waals surface area (Å²) in [5.74, 6) is 0.299. The maximum atomic E-state index is 13.0. The molecule has 1 saturated heterocycles. The number of carbonyl (C=O) groups excluding carboxylic acids is 1. The number of sulfonamides is 1. The third-order valence-electron chi connectivity index (χ3n) is 5.32. The molecule has 1 atom stereocenters. The second kappa shape index (κ2) is 6.55. The monoisotopic (exact) mass is 373 g/mol. The minimum absolute atomic E-state index is 0.126. The number of nitrogens with one attached hydrogen (secondary N) is 1. The SMILES string of the molecule is CNCC1CCCN(C(=O)CN2c3cccc4cccc(c34)S2(=O)=O)C1. The van der Waals surface area contributed by atoms with Crippen molar-refractivity contribution in [3.05, 3.63) is 36.4 Å². The van der Waals surface area contributed by atoms with Crippen LogP contribution in [-0.2, 0) is 14.8 Å². The number of hydrogen-bond donors (Lipinski definition) is 1. The Kier molecular flexibility index (Phi) is 4.36. The summed E-state index contributed by atoms with van der Waals surface area (Å²) in [6.45, 7) is 2.12. The Balaban J connectivity index is 1.61. The van der Waals surface area contributed by atoms with Crippen molar-refractivity contribution in [1.82, 2.24) is 10.2 Å². The van der Waals surface area contributed by atoms with Gasteiger partial charge in [-0.3, -0.25) is 9.10 Å². The number of nitrogens with zero attached hydrogens (tertiary/aromatic N) is 2. The Bertz CT molecular complexity index is 950. The van der Waals surface area contributed by atoms with E-state index in [2.05, 4.69) is 5.32 Å². The predicted molar refractivity (Wildman–Crippen MR) is 102 cm³/mol. The quantitative estimate of drug-likeness (QED) is 0.887. The molecule has 7 heteroatoms. The van der Waals surface area contributed by atoms with Gasteiger partial charge in [-0.2, -0.15) is 0 Å². The fourth-order valence-corrected chi connectivity index (χ4v) is 5.76. The molecule has 2 aromatic rings. The van der Waals surface area contributed by atoms with Crippen LogP contribution in [-0.4, -0.2) is 52.5 Å². The van der Waals surface area contributed by atoms with Gasteiger partial charge < -0.3 is 10.2 Å². The summed E-state index contributed by atoms with van der Waals surface area (Å²) in [7, 11) is -1.77. The highest BCUT2D eigenvalue weighted by molar-refractivity contribution is 7.93. The van der Waals surface area contributed by atoms with Crippen LogP contribution in [0.5, 0.6) is 0 Å². The van der Waals surface area contributed by atoms with E-state index >= 15 is 0 Å². The van der Waals surface area contributed by atoms with Crippen LogP contribution in [0.15, 0.2) is 41.3 Å². The van der Waals surface area contributed by atoms with Gasteiger partial charge in [0.05, 0.1) is 10.6 Å². The van der Waals surface area contributed by atoms with Gasteiger partial charge in [-0.1, -0.05) is 24.3 Å². The summed E-state index contributed by atoms with van der Waals surface area (Å²) in [6.07, 6.45) is 2.05. The van der Waals surface area contributed by atoms with E-state index in [9.17, 15) is 13.2 Å². The molecular weight excluding hydrogens is 350 g/mol. The highest BCUT2D eigenvalue weighted by Gasteiger charge is 2.37. The summed E-state index contributed by atoms with van der Waals surface area (Å²) in [5.41, 5.74) is 0.607. The summed E-state index contributed by atoms with van der Waals surface area (Å²) >= 11 is 0. The van der Waals surface area contributed by atoms with Crippen LogP contribution in [0.4, 0.5) is 5.69 Å². The Hall–Kier alpha value is -2.12. The van der Waals surface area contributed by atoms with Crippen molar-refractivity contribution in [3.63, 3.8) is 0 Å². The van der Waals surface area contributed by atoms with Gasteiger partial charge >= 0.3 is 0 Å². The first-order valence-electron chi connectivity index (χ1n) is 8.99. The van der Waals surface area contributed by atoms with Crippen LogP contribution in [0.2, 0.25) is 0 Å². The minimum atomic E-state index is -3.68. The molecule has 0 spiro atoms. The summed E-state index contributed by atoms with van der Waals surface area (Å²) < 4.78 is 27.3. The number of hydrogen-bond acceptors (Lipinski definition) is 4. The number of rotatable bonds is 4. The standard InChI is InChI=1S/C19H23N3O3S/c1-20-11-14-5-4-10-21(12-14)18(23)13-22-16-8-2-6-15-7-3-9-17(19(15)16)26(22,24)25/h2-3,6-9,14,20H,4-5,10-13H2,1H3. The predicted octanol–water partition coefficient (Wildman–Crippen LogP) is 1.81. The van der Waals surface area contributed by atoms with E-state index in [-0.39, 0.29) is 12.5 Å². The Labute approximate surface area is 153 Å². The smallest absolute Gasteiger partial charge is 0.265 e. The third-order valence-corrected chi connectivity index (χ3v) is 7.13. The number of carbonyl (C=O) groups is 1. The van der Waals surface area contributed by atoms with E-state index in [0.717, 1.165) is 30.2 Å². The third kappa shape index (κ3) is 2.75. The van der Waals surface area contributed by atoms with Crippen LogP contribution < -0.4 is 9.62 Å². The number of piperidine rings is 1. The first-order valence-corrected chi connectivity index (χ1v) is 10.4. The van der Waals surface area contributed by atoms with Gasteiger partial charge in [-0.25, -0.2) is 8.42 Å². The van der Waals surface area contributed by atoms with E-state index < -0.39 is 10.0 Å². The van der Waals surface area contributed by atoms with Crippen molar-refractivity contribution < 1.29 is 13.2 Å². The van der Waals surface area contributed by atoms with Gasteiger partial charge in [-0.05, 0) is 49.9 Å². The highest BCUT2D eigenvalue weighted by atomic mass is 32.2. The van der Waals surface area contributed by atoms with E-state index in [4.69, 9.17) is 0 Å². The molecule has 2 aliphatic heterocycles. The summed E-state index contributed by atoms with van der Waals surface area (Å²) in [6, 6.07) is 10.8. The first-order chi connectivity index (χ1) is 12.5. The summed E-state index contributed by atoms with van der Waals surface area (Å²) in [5, 5.41) is 4.76.